The summed E-state index contributed by atoms with van der Waals surface area (Å²) >= 11 is 0. The molecule has 0 saturated heterocycles. The van der Waals surface area contributed by atoms with Crippen molar-refractivity contribution in [2.75, 3.05) is 38.1 Å². The fourth-order valence-electron chi connectivity index (χ4n) is 2.70. The van der Waals surface area contributed by atoms with Gasteiger partial charge in [0.25, 0.3) is 0 Å². The second-order valence-electron chi connectivity index (χ2n) is 6.13. The van der Waals surface area contributed by atoms with Gasteiger partial charge in [0.05, 0.1) is 5.69 Å². The van der Waals surface area contributed by atoms with Crippen molar-refractivity contribution in [3.8, 4) is 5.75 Å². The fraction of sp³-hybridized carbons (Fsp3) is 0.381. The van der Waals surface area contributed by atoms with Crippen LogP contribution in [0.1, 0.15) is 19.4 Å². The minimum atomic E-state index is -0.314. The van der Waals surface area contributed by atoms with E-state index in [-0.39, 0.29) is 11.8 Å². The molecule has 2 rings (SSSR count). The van der Waals surface area contributed by atoms with E-state index in [0.29, 0.717) is 31.0 Å². The predicted molar refractivity (Wildman–Crippen MR) is 107 cm³/mol. The summed E-state index contributed by atoms with van der Waals surface area (Å²) in [5, 5.41) is 5.59. The molecule has 0 bridgehead atoms. The summed E-state index contributed by atoms with van der Waals surface area (Å²) in [5.74, 6) is 0.373. The zero-order valence-corrected chi connectivity index (χ0v) is 16.0. The molecule has 0 saturated carbocycles. The third-order valence-corrected chi connectivity index (χ3v) is 4.28. The summed E-state index contributed by atoms with van der Waals surface area (Å²) in [5.41, 5.74) is 1.47. The van der Waals surface area contributed by atoms with Crippen LogP contribution in [0.3, 0.4) is 0 Å². The number of nitrogens with zero attached hydrogens (tertiary/aromatic N) is 1. The third kappa shape index (κ3) is 7.27. The maximum Gasteiger partial charge on any atom is 0.319 e. The van der Waals surface area contributed by atoms with Gasteiger partial charge in [-0.1, -0.05) is 38.1 Å². The lowest BCUT2D eigenvalue weighted by molar-refractivity contribution is 0.223. The van der Waals surface area contributed by atoms with Gasteiger partial charge in [0.2, 0.25) is 0 Å². The van der Waals surface area contributed by atoms with Crippen molar-refractivity contribution >= 4 is 11.7 Å². The van der Waals surface area contributed by atoms with E-state index in [4.69, 9.17) is 4.74 Å². The highest BCUT2D eigenvalue weighted by molar-refractivity contribution is 5.90. The molecule has 0 atom stereocenters. The number of hydrogen-bond acceptors (Lipinski definition) is 3. The molecular weight excluding hydrogens is 345 g/mol. The maximum absolute atomic E-state index is 13.2. The number of carbonyl (C=O) groups is 1. The molecule has 0 aliphatic heterocycles. The molecule has 2 aromatic carbocycles. The van der Waals surface area contributed by atoms with E-state index < -0.39 is 0 Å². The molecule has 2 amide bonds. The fourth-order valence-corrected chi connectivity index (χ4v) is 2.70. The van der Waals surface area contributed by atoms with Crippen molar-refractivity contribution in [1.29, 1.82) is 0 Å². The van der Waals surface area contributed by atoms with Gasteiger partial charge in [-0.2, -0.15) is 0 Å². The molecule has 6 heteroatoms. The van der Waals surface area contributed by atoms with Crippen molar-refractivity contribution in [1.82, 2.24) is 10.2 Å². The number of urea groups is 1. The Morgan fingerprint density at radius 3 is 2.63 bits per heavy atom. The molecule has 27 heavy (non-hydrogen) atoms. The first-order valence-electron chi connectivity index (χ1n) is 9.35. The van der Waals surface area contributed by atoms with Gasteiger partial charge in [-0.25, -0.2) is 9.18 Å². The number of likely N-dealkylation sites (N-methyl/N-ethyl adjacent to an activating group) is 1. The van der Waals surface area contributed by atoms with Gasteiger partial charge in [0, 0.05) is 13.1 Å². The molecule has 0 fully saturated rings. The smallest absolute Gasteiger partial charge is 0.319 e. The number of amides is 2. The molecule has 146 valence electrons. The Bertz CT molecular complexity index is 720. The lowest BCUT2D eigenvalue weighted by Gasteiger charge is -2.19. The number of para-hydroxylation sites is 2. The Labute approximate surface area is 160 Å². The van der Waals surface area contributed by atoms with Gasteiger partial charge in [-0.3, -0.25) is 0 Å². The quantitative estimate of drug-likeness (QED) is 0.664. The molecule has 0 spiro atoms. The van der Waals surface area contributed by atoms with Gasteiger partial charge in [-0.05, 0) is 49.3 Å². The maximum atomic E-state index is 13.2. The van der Waals surface area contributed by atoms with Crippen LogP contribution in [-0.2, 0) is 6.42 Å². The summed E-state index contributed by atoms with van der Waals surface area (Å²) in [7, 11) is 0. The highest BCUT2D eigenvalue weighted by atomic mass is 19.1. The van der Waals surface area contributed by atoms with Gasteiger partial charge in [0.1, 0.15) is 18.2 Å². The van der Waals surface area contributed by atoms with Gasteiger partial charge >= 0.3 is 6.03 Å². The number of ether oxygens (including phenoxy) is 1. The first kappa shape index (κ1) is 20.7. The number of benzene rings is 2. The zero-order valence-electron chi connectivity index (χ0n) is 16.0. The topological polar surface area (TPSA) is 53.6 Å². The number of halogens is 1. The molecule has 0 aliphatic rings. The van der Waals surface area contributed by atoms with Gasteiger partial charge in [0.15, 0.2) is 0 Å². The second kappa shape index (κ2) is 11.2. The molecule has 0 aliphatic carbocycles. The van der Waals surface area contributed by atoms with Crippen LogP contribution in [0.4, 0.5) is 14.9 Å². The Kier molecular flexibility index (Phi) is 8.58. The van der Waals surface area contributed by atoms with Crippen LogP contribution >= 0.6 is 0 Å². The van der Waals surface area contributed by atoms with E-state index in [1.807, 2.05) is 24.3 Å². The molecule has 2 aromatic rings. The number of rotatable bonds is 10. The van der Waals surface area contributed by atoms with Crippen LogP contribution in [0.2, 0.25) is 0 Å². The van der Waals surface area contributed by atoms with Crippen molar-refractivity contribution in [2.24, 2.45) is 0 Å². The lowest BCUT2D eigenvalue weighted by atomic mass is 10.1. The molecular formula is C21H28FN3O2. The molecule has 0 unspecified atom stereocenters. The molecule has 5 nitrogen and oxygen atoms in total. The summed E-state index contributed by atoms with van der Waals surface area (Å²) < 4.78 is 19.0. The summed E-state index contributed by atoms with van der Waals surface area (Å²) in [6.07, 6.45) is 0.563. The first-order chi connectivity index (χ1) is 13.1. The van der Waals surface area contributed by atoms with Gasteiger partial charge < -0.3 is 20.3 Å². The number of hydrogen-bond donors (Lipinski definition) is 2. The largest absolute Gasteiger partial charge is 0.490 e. The third-order valence-electron chi connectivity index (χ3n) is 4.28. The van der Waals surface area contributed by atoms with Crippen molar-refractivity contribution in [2.45, 2.75) is 20.3 Å². The average molecular weight is 373 g/mol. The minimum Gasteiger partial charge on any atom is -0.490 e. The van der Waals surface area contributed by atoms with E-state index in [0.717, 1.165) is 25.2 Å². The van der Waals surface area contributed by atoms with E-state index >= 15 is 0 Å². The highest BCUT2D eigenvalue weighted by Gasteiger charge is 2.08. The van der Waals surface area contributed by atoms with Crippen LogP contribution < -0.4 is 15.4 Å². The lowest BCUT2D eigenvalue weighted by Crippen LogP contribution is -2.31. The SMILES string of the molecule is CCN(CC)CCOc1ccccc1NC(=O)NCCc1cccc(F)c1. The second-order valence-corrected chi connectivity index (χ2v) is 6.13. The van der Waals surface area contributed by atoms with E-state index in [1.165, 1.54) is 12.1 Å². The summed E-state index contributed by atoms with van der Waals surface area (Å²) in [6.45, 7) is 8.00. The highest BCUT2D eigenvalue weighted by Crippen LogP contribution is 2.23. The van der Waals surface area contributed by atoms with Crippen LogP contribution in [0.5, 0.6) is 5.75 Å². The van der Waals surface area contributed by atoms with Crippen molar-refractivity contribution < 1.29 is 13.9 Å². The Morgan fingerprint density at radius 1 is 1.11 bits per heavy atom. The minimum absolute atomic E-state index is 0.271. The standard InChI is InChI=1S/C21H28FN3O2/c1-3-25(4-2)14-15-27-20-11-6-5-10-19(20)24-21(26)23-13-12-17-8-7-9-18(22)16-17/h5-11,16H,3-4,12-15H2,1-2H3,(H2,23,24,26). The van der Waals surface area contributed by atoms with Crippen molar-refractivity contribution in [3.63, 3.8) is 0 Å². The Balaban J connectivity index is 1.81. The van der Waals surface area contributed by atoms with E-state index in [9.17, 15) is 9.18 Å². The number of nitrogens with one attached hydrogen (secondary N) is 2. The van der Waals surface area contributed by atoms with Crippen LogP contribution in [0, 0.1) is 5.82 Å². The predicted octanol–water partition coefficient (Wildman–Crippen LogP) is 3.91. The Morgan fingerprint density at radius 2 is 1.89 bits per heavy atom. The number of anilines is 1. The molecule has 0 aromatic heterocycles. The first-order valence-corrected chi connectivity index (χ1v) is 9.35. The van der Waals surface area contributed by atoms with E-state index in [2.05, 4.69) is 29.4 Å². The van der Waals surface area contributed by atoms with Crippen LogP contribution in [0.25, 0.3) is 0 Å². The van der Waals surface area contributed by atoms with Crippen LogP contribution in [-0.4, -0.2) is 43.7 Å². The molecule has 2 N–H and O–H groups in total. The summed E-state index contributed by atoms with van der Waals surface area (Å²) in [4.78, 5) is 14.4. The molecule has 0 radical (unpaired) electrons. The Hall–Kier alpha value is -2.60. The summed E-state index contributed by atoms with van der Waals surface area (Å²) in [6, 6.07) is 13.4. The van der Waals surface area contributed by atoms with Gasteiger partial charge in [-0.15, -0.1) is 0 Å². The normalized spacial score (nSPS) is 10.7. The zero-order chi connectivity index (χ0) is 19.5. The average Bonchev–Trinajstić information content (AvgIpc) is 2.66. The van der Waals surface area contributed by atoms with E-state index in [1.54, 1.807) is 12.1 Å². The monoisotopic (exact) mass is 373 g/mol. The van der Waals surface area contributed by atoms with Crippen molar-refractivity contribution in [3.05, 3.63) is 59.9 Å². The number of carbonyl (C=O) groups excluding carboxylic acids is 1. The molecule has 0 heterocycles. The van der Waals surface area contributed by atoms with Crippen LogP contribution in [0.15, 0.2) is 48.5 Å².